The fourth-order valence-corrected chi connectivity index (χ4v) is 3.92. The van der Waals surface area contributed by atoms with Gasteiger partial charge in [0.15, 0.2) is 0 Å². The van der Waals surface area contributed by atoms with Gasteiger partial charge in [-0.05, 0) is 45.1 Å². The van der Waals surface area contributed by atoms with E-state index in [0.29, 0.717) is 29.8 Å². The summed E-state index contributed by atoms with van der Waals surface area (Å²) in [6.45, 7) is 7.00. The van der Waals surface area contributed by atoms with Crippen molar-refractivity contribution < 1.29 is 19.1 Å². The number of rotatable bonds is 8. The predicted octanol–water partition coefficient (Wildman–Crippen LogP) is 2.96. The zero-order valence-electron chi connectivity index (χ0n) is 15.3. The van der Waals surface area contributed by atoms with Gasteiger partial charge in [0.1, 0.15) is 28.4 Å². The largest absolute Gasteiger partial charge is 0.465 e. The number of hydrogen-bond acceptors (Lipinski definition) is 8. The van der Waals surface area contributed by atoms with Crippen molar-refractivity contribution in [1.29, 1.82) is 0 Å². The number of anilines is 1. The molecule has 1 saturated carbocycles. The van der Waals surface area contributed by atoms with Crippen LogP contribution in [0.4, 0.5) is 5.82 Å². The van der Waals surface area contributed by atoms with Crippen molar-refractivity contribution in [3.05, 3.63) is 16.8 Å². The summed E-state index contributed by atoms with van der Waals surface area (Å²) in [6, 6.07) is 0. The number of aryl methyl sites for hydroxylation is 1. The van der Waals surface area contributed by atoms with Gasteiger partial charge in [-0.15, -0.1) is 11.3 Å². The van der Waals surface area contributed by atoms with E-state index in [-0.39, 0.29) is 18.5 Å². The smallest absolute Gasteiger partial charge is 0.348 e. The molecule has 26 heavy (non-hydrogen) atoms. The van der Waals surface area contributed by atoms with Gasteiger partial charge < -0.3 is 14.4 Å². The van der Waals surface area contributed by atoms with Gasteiger partial charge in [-0.1, -0.05) is 0 Å². The second-order valence-corrected chi connectivity index (χ2v) is 7.28. The van der Waals surface area contributed by atoms with Crippen molar-refractivity contribution in [2.45, 2.75) is 33.6 Å². The first kappa shape index (κ1) is 18.6. The molecule has 2 aromatic heterocycles. The summed E-state index contributed by atoms with van der Waals surface area (Å²) in [7, 11) is 0. The van der Waals surface area contributed by atoms with E-state index in [1.807, 2.05) is 11.8 Å². The number of hydrogen-bond donors (Lipinski definition) is 0. The van der Waals surface area contributed by atoms with Crippen LogP contribution >= 0.6 is 11.3 Å². The molecule has 0 saturated heterocycles. The number of carbonyl (C=O) groups excluding carboxylic acids is 2. The number of thiophene rings is 1. The van der Waals surface area contributed by atoms with E-state index in [4.69, 9.17) is 9.47 Å². The fraction of sp³-hybridized carbons (Fsp3) is 0.556. The van der Waals surface area contributed by atoms with Gasteiger partial charge in [-0.3, -0.25) is 4.79 Å². The summed E-state index contributed by atoms with van der Waals surface area (Å²) in [5, 5.41) is 0.811. The molecule has 0 atom stereocenters. The summed E-state index contributed by atoms with van der Waals surface area (Å²) in [5.41, 5.74) is 0.795. The molecule has 7 nitrogen and oxygen atoms in total. The van der Waals surface area contributed by atoms with E-state index < -0.39 is 0 Å². The number of aromatic nitrogens is 2. The quantitative estimate of drug-likeness (QED) is 0.654. The van der Waals surface area contributed by atoms with Crippen molar-refractivity contribution in [2.75, 3.05) is 31.2 Å². The lowest BCUT2D eigenvalue weighted by molar-refractivity contribution is -0.141. The van der Waals surface area contributed by atoms with E-state index >= 15 is 0 Å². The SMILES string of the molecule is CCOC(=O)CN(CC1CC1)c1ncnc2sc(C(=O)OCC)c(C)c12. The van der Waals surface area contributed by atoms with Crippen molar-refractivity contribution in [3.8, 4) is 0 Å². The van der Waals surface area contributed by atoms with Crippen LogP contribution in [-0.2, 0) is 14.3 Å². The molecule has 8 heteroatoms. The van der Waals surface area contributed by atoms with Gasteiger partial charge in [-0.25, -0.2) is 14.8 Å². The first-order valence-corrected chi connectivity index (χ1v) is 9.68. The molecule has 140 valence electrons. The Bertz CT molecular complexity index is 816. The Morgan fingerprint density at radius 1 is 1.23 bits per heavy atom. The summed E-state index contributed by atoms with van der Waals surface area (Å²) in [6.07, 6.45) is 3.79. The fourth-order valence-electron chi connectivity index (χ4n) is 2.88. The van der Waals surface area contributed by atoms with Crippen molar-refractivity contribution >= 4 is 39.3 Å². The number of ether oxygens (including phenoxy) is 2. The molecule has 2 heterocycles. The Labute approximate surface area is 156 Å². The lowest BCUT2D eigenvalue weighted by Crippen LogP contribution is -2.33. The molecule has 0 aliphatic heterocycles. The van der Waals surface area contributed by atoms with Crippen molar-refractivity contribution in [1.82, 2.24) is 9.97 Å². The zero-order chi connectivity index (χ0) is 18.7. The molecule has 1 fully saturated rings. The Morgan fingerprint density at radius 2 is 1.96 bits per heavy atom. The summed E-state index contributed by atoms with van der Waals surface area (Å²) >= 11 is 1.30. The minimum Gasteiger partial charge on any atom is -0.465 e. The van der Waals surface area contributed by atoms with Crippen LogP contribution in [0.2, 0.25) is 0 Å². The molecule has 0 spiro atoms. The van der Waals surface area contributed by atoms with Gasteiger partial charge in [-0.2, -0.15) is 0 Å². The number of nitrogens with zero attached hydrogens (tertiary/aromatic N) is 3. The van der Waals surface area contributed by atoms with Crippen LogP contribution in [-0.4, -0.2) is 48.2 Å². The topological polar surface area (TPSA) is 81.6 Å². The molecule has 0 unspecified atom stereocenters. The van der Waals surface area contributed by atoms with Crippen LogP contribution in [0.3, 0.4) is 0 Å². The second-order valence-electron chi connectivity index (χ2n) is 6.28. The van der Waals surface area contributed by atoms with Crippen LogP contribution in [0.1, 0.15) is 41.9 Å². The van der Waals surface area contributed by atoms with Gasteiger partial charge in [0.2, 0.25) is 0 Å². The molecule has 0 radical (unpaired) electrons. The maximum absolute atomic E-state index is 12.2. The maximum atomic E-state index is 12.2. The highest BCUT2D eigenvalue weighted by atomic mass is 32.1. The van der Waals surface area contributed by atoms with E-state index in [1.165, 1.54) is 17.7 Å². The van der Waals surface area contributed by atoms with Crippen LogP contribution < -0.4 is 4.90 Å². The van der Waals surface area contributed by atoms with Gasteiger partial charge in [0.05, 0.1) is 18.6 Å². The van der Waals surface area contributed by atoms with Crippen LogP contribution in [0.5, 0.6) is 0 Å². The highest BCUT2D eigenvalue weighted by Gasteiger charge is 2.29. The van der Waals surface area contributed by atoms with Gasteiger partial charge in [0, 0.05) is 6.54 Å². The highest BCUT2D eigenvalue weighted by Crippen LogP contribution is 2.37. The lowest BCUT2D eigenvalue weighted by atomic mass is 10.2. The Balaban J connectivity index is 2.00. The monoisotopic (exact) mass is 377 g/mol. The van der Waals surface area contributed by atoms with Gasteiger partial charge >= 0.3 is 11.9 Å². The summed E-state index contributed by atoms with van der Waals surface area (Å²) < 4.78 is 10.3. The maximum Gasteiger partial charge on any atom is 0.348 e. The van der Waals surface area contributed by atoms with E-state index in [0.717, 1.165) is 35.2 Å². The molecule has 3 rings (SSSR count). The average Bonchev–Trinajstić information content (AvgIpc) is 3.36. The third kappa shape index (κ3) is 3.95. The minimum atomic E-state index is -0.349. The molecule has 0 N–H and O–H groups in total. The highest BCUT2D eigenvalue weighted by molar-refractivity contribution is 7.20. The molecule has 0 amide bonds. The Morgan fingerprint density at radius 3 is 2.62 bits per heavy atom. The molecular weight excluding hydrogens is 354 g/mol. The Kier molecular flexibility index (Phi) is 5.70. The first-order chi connectivity index (χ1) is 12.5. The molecule has 0 aromatic carbocycles. The number of esters is 2. The summed E-state index contributed by atoms with van der Waals surface area (Å²) in [5.74, 6) is 0.619. The Hall–Kier alpha value is -2.22. The minimum absolute atomic E-state index is 0.139. The van der Waals surface area contributed by atoms with E-state index in [1.54, 1.807) is 13.8 Å². The average molecular weight is 377 g/mol. The van der Waals surface area contributed by atoms with Crippen LogP contribution in [0.25, 0.3) is 10.2 Å². The number of carbonyl (C=O) groups is 2. The normalized spacial score (nSPS) is 13.7. The lowest BCUT2D eigenvalue weighted by Gasteiger charge is -2.23. The molecular formula is C18H23N3O4S. The number of fused-ring (bicyclic) bond motifs is 1. The molecule has 0 bridgehead atoms. The van der Waals surface area contributed by atoms with Crippen molar-refractivity contribution in [2.24, 2.45) is 5.92 Å². The van der Waals surface area contributed by atoms with Crippen LogP contribution in [0, 0.1) is 12.8 Å². The summed E-state index contributed by atoms with van der Waals surface area (Å²) in [4.78, 5) is 36.3. The first-order valence-electron chi connectivity index (χ1n) is 8.86. The van der Waals surface area contributed by atoms with E-state index in [2.05, 4.69) is 9.97 Å². The predicted molar refractivity (Wildman–Crippen MR) is 99.7 cm³/mol. The van der Waals surface area contributed by atoms with E-state index in [9.17, 15) is 9.59 Å². The van der Waals surface area contributed by atoms with Crippen molar-refractivity contribution in [3.63, 3.8) is 0 Å². The molecule has 2 aromatic rings. The standard InChI is InChI=1S/C18H23N3O4S/c1-4-24-13(22)9-21(8-12-6-7-12)16-14-11(3)15(18(23)25-5-2)26-17(14)20-10-19-16/h10,12H,4-9H2,1-3H3. The van der Waals surface area contributed by atoms with Gasteiger partial charge in [0.25, 0.3) is 0 Å². The third-order valence-corrected chi connectivity index (χ3v) is 5.45. The third-order valence-electron chi connectivity index (χ3n) is 4.27. The van der Waals surface area contributed by atoms with Crippen LogP contribution in [0.15, 0.2) is 6.33 Å². The molecule has 1 aliphatic rings. The second kappa shape index (κ2) is 7.99. The molecule has 1 aliphatic carbocycles. The zero-order valence-corrected chi connectivity index (χ0v) is 16.1.